The van der Waals surface area contributed by atoms with Crippen LogP contribution in [-0.4, -0.2) is 49.0 Å². The van der Waals surface area contributed by atoms with Crippen LogP contribution in [0.4, 0.5) is 11.4 Å². The van der Waals surface area contributed by atoms with Crippen LogP contribution in [0, 0.1) is 16.0 Å². The summed E-state index contributed by atoms with van der Waals surface area (Å²) in [5, 5.41) is 17.2. The average molecular weight is 447 g/mol. The van der Waals surface area contributed by atoms with Crippen LogP contribution in [-0.2, 0) is 0 Å². The average Bonchev–Trinajstić information content (AvgIpc) is 2.55. The molecule has 1 heterocycles. The topological polar surface area (TPSA) is 82.8 Å². The first kappa shape index (κ1) is 20.5. The van der Waals surface area contributed by atoms with E-state index in [0.29, 0.717) is 5.92 Å². The minimum absolute atomic E-state index is 0. The normalized spacial score (nSPS) is 17.8. The SMILES string of the molecule is CN=C(NCCNc1ccc([N+](=O)[O-])cc1)N1CCCC(C)C1.I. The van der Waals surface area contributed by atoms with E-state index in [-0.39, 0.29) is 29.7 Å². The number of halogens is 1. The number of rotatable bonds is 5. The standard InChI is InChI=1S/C16H25N5O2.HI/c1-13-4-3-11-20(12-13)16(17-2)19-10-9-18-14-5-7-15(8-6-14)21(22)23;/h5-8,13,18H,3-4,9-12H2,1-2H3,(H,17,19);1H. The monoisotopic (exact) mass is 447 g/mol. The van der Waals surface area contributed by atoms with E-state index in [4.69, 9.17) is 0 Å². The number of hydrogen-bond acceptors (Lipinski definition) is 4. The summed E-state index contributed by atoms with van der Waals surface area (Å²) in [4.78, 5) is 16.9. The second kappa shape index (κ2) is 10.3. The Morgan fingerprint density at radius 2 is 2.08 bits per heavy atom. The summed E-state index contributed by atoms with van der Waals surface area (Å²) >= 11 is 0. The zero-order chi connectivity index (χ0) is 16.7. The molecule has 1 aliphatic heterocycles. The summed E-state index contributed by atoms with van der Waals surface area (Å²) in [5.41, 5.74) is 0.979. The van der Waals surface area contributed by atoms with Crippen molar-refractivity contribution in [1.82, 2.24) is 10.2 Å². The van der Waals surface area contributed by atoms with Gasteiger partial charge >= 0.3 is 0 Å². The molecule has 2 N–H and O–H groups in total. The van der Waals surface area contributed by atoms with Gasteiger partial charge < -0.3 is 15.5 Å². The van der Waals surface area contributed by atoms with Crippen molar-refractivity contribution in [2.24, 2.45) is 10.9 Å². The van der Waals surface area contributed by atoms with Gasteiger partial charge in [0.25, 0.3) is 5.69 Å². The Morgan fingerprint density at radius 1 is 1.38 bits per heavy atom. The van der Waals surface area contributed by atoms with Gasteiger partial charge in [-0.15, -0.1) is 24.0 Å². The fourth-order valence-electron chi connectivity index (χ4n) is 2.80. The Morgan fingerprint density at radius 3 is 2.67 bits per heavy atom. The van der Waals surface area contributed by atoms with Gasteiger partial charge in [0.2, 0.25) is 0 Å². The fourth-order valence-corrected chi connectivity index (χ4v) is 2.80. The molecule has 0 aliphatic carbocycles. The number of guanidine groups is 1. The van der Waals surface area contributed by atoms with Crippen LogP contribution in [0.5, 0.6) is 0 Å². The maximum atomic E-state index is 10.6. The van der Waals surface area contributed by atoms with Crippen molar-refractivity contribution in [3.05, 3.63) is 34.4 Å². The van der Waals surface area contributed by atoms with E-state index in [2.05, 4.69) is 27.4 Å². The molecule has 0 aromatic heterocycles. The summed E-state index contributed by atoms with van der Waals surface area (Å²) in [6.07, 6.45) is 2.50. The molecule has 1 atom stereocenters. The van der Waals surface area contributed by atoms with Gasteiger partial charge in [0.1, 0.15) is 0 Å². The Balaban J connectivity index is 0.00000288. The molecule has 24 heavy (non-hydrogen) atoms. The number of piperidine rings is 1. The molecule has 1 aliphatic rings. The number of nitrogens with zero attached hydrogens (tertiary/aromatic N) is 3. The number of non-ortho nitro benzene ring substituents is 1. The molecule has 7 nitrogen and oxygen atoms in total. The number of aliphatic imine (C=N–C) groups is 1. The second-order valence-corrected chi connectivity index (χ2v) is 5.90. The predicted molar refractivity (Wildman–Crippen MR) is 108 cm³/mol. The Hall–Kier alpha value is -1.58. The van der Waals surface area contributed by atoms with Gasteiger partial charge in [0, 0.05) is 51.0 Å². The van der Waals surface area contributed by atoms with Gasteiger partial charge in [-0.2, -0.15) is 0 Å². The molecule has 2 rings (SSSR count). The van der Waals surface area contributed by atoms with Gasteiger partial charge in [-0.05, 0) is 30.9 Å². The Labute approximate surface area is 160 Å². The lowest BCUT2D eigenvalue weighted by Crippen LogP contribution is -2.47. The number of likely N-dealkylation sites (tertiary alicyclic amines) is 1. The van der Waals surface area contributed by atoms with Crippen LogP contribution >= 0.6 is 24.0 Å². The molecule has 8 heteroatoms. The fraction of sp³-hybridized carbons (Fsp3) is 0.562. The van der Waals surface area contributed by atoms with Gasteiger partial charge in [0.15, 0.2) is 5.96 Å². The maximum Gasteiger partial charge on any atom is 0.269 e. The molecule has 0 bridgehead atoms. The molecule has 1 fully saturated rings. The van der Waals surface area contributed by atoms with Crippen LogP contribution in [0.1, 0.15) is 19.8 Å². The molecule has 0 radical (unpaired) electrons. The molecular weight excluding hydrogens is 421 g/mol. The molecule has 1 aromatic carbocycles. The van der Waals surface area contributed by atoms with E-state index in [1.807, 2.05) is 7.05 Å². The van der Waals surface area contributed by atoms with Crippen molar-refractivity contribution in [3.8, 4) is 0 Å². The van der Waals surface area contributed by atoms with Crippen LogP contribution in [0.3, 0.4) is 0 Å². The lowest BCUT2D eigenvalue weighted by atomic mass is 10.0. The summed E-state index contributed by atoms with van der Waals surface area (Å²) in [6, 6.07) is 6.45. The highest BCUT2D eigenvalue weighted by Crippen LogP contribution is 2.16. The maximum absolute atomic E-state index is 10.6. The van der Waals surface area contributed by atoms with Crippen LogP contribution in [0.2, 0.25) is 0 Å². The van der Waals surface area contributed by atoms with Crippen LogP contribution < -0.4 is 10.6 Å². The summed E-state index contributed by atoms with van der Waals surface area (Å²) in [5.74, 6) is 1.66. The Kier molecular flexibility index (Phi) is 8.80. The number of benzene rings is 1. The lowest BCUT2D eigenvalue weighted by molar-refractivity contribution is -0.384. The van der Waals surface area contributed by atoms with Crippen molar-refractivity contribution in [2.75, 3.05) is 38.5 Å². The van der Waals surface area contributed by atoms with Gasteiger partial charge in [-0.3, -0.25) is 15.1 Å². The number of anilines is 1. The third-order valence-corrected chi connectivity index (χ3v) is 3.98. The van der Waals surface area contributed by atoms with E-state index in [0.717, 1.165) is 37.8 Å². The molecular formula is C16H26IN5O2. The quantitative estimate of drug-likeness (QED) is 0.181. The lowest BCUT2D eigenvalue weighted by Gasteiger charge is -2.33. The number of hydrogen-bond donors (Lipinski definition) is 2. The smallest absolute Gasteiger partial charge is 0.269 e. The van der Waals surface area contributed by atoms with E-state index in [1.54, 1.807) is 12.1 Å². The molecule has 0 spiro atoms. The van der Waals surface area contributed by atoms with Gasteiger partial charge in [0.05, 0.1) is 4.92 Å². The first-order chi connectivity index (χ1) is 11.1. The highest BCUT2D eigenvalue weighted by atomic mass is 127. The Bertz CT molecular complexity index is 550. The largest absolute Gasteiger partial charge is 0.383 e. The molecule has 1 unspecified atom stereocenters. The molecule has 0 saturated carbocycles. The van der Waals surface area contributed by atoms with Gasteiger partial charge in [-0.25, -0.2) is 0 Å². The first-order valence-corrected chi connectivity index (χ1v) is 8.04. The first-order valence-electron chi connectivity index (χ1n) is 8.04. The summed E-state index contributed by atoms with van der Waals surface area (Å²) < 4.78 is 0. The summed E-state index contributed by atoms with van der Waals surface area (Å²) in [6.45, 7) is 5.85. The number of nitro benzene ring substituents is 1. The third kappa shape index (κ3) is 6.14. The van der Waals surface area contributed by atoms with Crippen LogP contribution in [0.25, 0.3) is 0 Å². The van der Waals surface area contributed by atoms with Crippen LogP contribution in [0.15, 0.2) is 29.3 Å². The zero-order valence-corrected chi connectivity index (χ0v) is 16.5. The highest BCUT2D eigenvalue weighted by molar-refractivity contribution is 14.0. The van der Waals surface area contributed by atoms with Gasteiger partial charge in [-0.1, -0.05) is 6.92 Å². The molecule has 1 aromatic rings. The highest BCUT2D eigenvalue weighted by Gasteiger charge is 2.18. The molecule has 0 amide bonds. The summed E-state index contributed by atoms with van der Waals surface area (Å²) in [7, 11) is 1.81. The van der Waals surface area contributed by atoms with Crippen molar-refractivity contribution < 1.29 is 4.92 Å². The molecule has 1 saturated heterocycles. The minimum atomic E-state index is -0.394. The van der Waals surface area contributed by atoms with E-state index < -0.39 is 4.92 Å². The third-order valence-electron chi connectivity index (χ3n) is 3.98. The van der Waals surface area contributed by atoms with E-state index in [9.17, 15) is 10.1 Å². The number of nitro groups is 1. The predicted octanol–water partition coefficient (Wildman–Crippen LogP) is 2.93. The van der Waals surface area contributed by atoms with Crippen molar-refractivity contribution in [1.29, 1.82) is 0 Å². The van der Waals surface area contributed by atoms with E-state index >= 15 is 0 Å². The van der Waals surface area contributed by atoms with Crippen molar-refractivity contribution >= 4 is 41.3 Å². The molecule has 134 valence electrons. The minimum Gasteiger partial charge on any atom is -0.383 e. The van der Waals surface area contributed by atoms with E-state index in [1.165, 1.54) is 25.0 Å². The van der Waals surface area contributed by atoms with Crippen molar-refractivity contribution in [3.63, 3.8) is 0 Å². The van der Waals surface area contributed by atoms with Crippen molar-refractivity contribution in [2.45, 2.75) is 19.8 Å². The number of nitrogens with one attached hydrogen (secondary N) is 2. The second-order valence-electron chi connectivity index (χ2n) is 5.90. The zero-order valence-electron chi connectivity index (χ0n) is 14.2.